The summed E-state index contributed by atoms with van der Waals surface area (Å²) in [4.78, 5) is 0. The highest BCUT2D eigenvalue weighted by Gasteiger charge is 2.31. The van der Waals surface area contributed by atoms with Crippen LogP contribution in [-0.4, -0.2) is 12.2 Å². The first-order valence-corrected chi connectivity index (χ1v) is 7.56. The second-order valence-corrected chi connectivity index (χ2v) is 6.25. The van der Waals surface area contributed by atoms with Crippen LogP contribution in [0.2, 0.25) is 0 Å². The largest absolute Gasteiger partial charge is 0.357 e. The fourth-order valence-electron chi connectivity index (χ4n) is 1.40. The number of rotatable bonds is 7. The van der Waals surface area contributed by atoms with E-state index in [1.807, 2.05) is 47.6 Å². The van der Waals surface area contributed by atoms with Crippen LogP contribution in [0.15, 0.2) is 11.4 Å². The van der Waals surface area contributed by atoms with E-state index in [0.717, 1.165) is 11.7 Å². The van der Waals surface area contributed by atoms with E-state index < -0.39 is 7.60 Å². The summed E-state index contributed by atoms with van der Waals surface area (Å²) in [5.41, 5.74) is 0. The third kappa shape index (κ3) is 5.29. The van der Waals surface area contributed by atoms with Crippen molar-refractivity contribution >= 4 is 7.60 Å². The molecule has 0 amide bonds. The molecule has 0 aliphatic carbocycles. The van der Waals surface area contributed by atoms with E-state index in [4.69, 9.17) is 9.05 Å². The zero-order chi connectivity index (χ0) is 12.8. The Balaban J connectivity index is 5.04. The van der Waals surface area contributed by atoms with Gasteiger partial charge in [0.15, 0.2) is 0 Å². The monoisotopic (exact) mass is 248 g/mol. The summed E-state index contributed by atoms with van der Waals surface area (Å²) < 4.78 is 23.7. The van der Waals surface area contributed by atoms with E-state index in [1.165, 1.54) is 0 Å². The Morgan fingerprint density at radius 1 is 1.12 bits per heavy atom. The molecule has 0 unspecified atom stereocenters. The number of hydrogen-bond acceptors (Lipinski definition) is 3. The molecule has 16 heavy (non-hydrogen) atoms. The fraction of sp³-hybridized carbons (Fsp3) is 0.833. The quantitative estimate of drug-likeness (QED) is 0.611. The van der Waals surface area contributed by atoms with Crippen LogP contribution in [0.25, 0.3) is 0 Å². The summed E-state index contributed by atoms with van der Waals surface area (Å²) in [6.45, 7) is 11.5. The van der Waals surface area contributed by atoms with Crippen molar-refractivity contribution in [2.75, 3.05) is 0 Å². The Morgan fingerprint density at radius 2 is 1.56 bits per heavy atom. The Hall–Kier alpha value is -0.110. The fourth-order valence-corrected chi connectivity index (χ4v) is 3.62. The van der Waals surface area contributed by atoms with E-state index in [2.05, 4.69) is 0 Å². The van der Waals surface area contributed by atoms with Gasteiger partial charge in [-0.2, -0.15) is 0 Å². The molecule has 0 aromatic rings. The third-order valence-electron chi connectivity index (χ3n) is 1.85. The average Bonchev–Trinajstić information content (AvgIpc) is 2.10. The predicted octanol–water partition coefficient (Wildman–Crippen LogP) is 4.73. The van der Waals surface area contributed by atoms with E-state index in [1.54, 1.807) is 0 Å². The molecule has 4 heteroatoms. The van der Waals surface area contributed by atoms with E-state index in [0.29, 0.717) is 6.42 Å². The Morgan fingerprint density at radius 3 is 1.81 bits per heavy atom. The lowest BCUT2D eigenvalue weighted by Crippen LogP contribution is -2.09. The molecule has 96 valence electrons. The lowest BCUT2D eigenvalue weighted by molar-refractivity contribution is 0.147. The maximum atomic E-state index is 12.6. The van der Waals surface area contributed by atoms with Crippen LogP contribution in [0.5, 0.6) is 0 Å². The molecule has 0 radical (unpaired) electrons. The Kier molecular flexibility index (Phi) is 7.21. The Bertz CT molecular complexity index is 255. The molecule has 0 aromatic heterocycles. The first-order valence-electron chi connectivity index (χ1n) is 6.02. The van der Waals surface area contributed by atoms with E-state index in [9.17, 15) is 4.57 Å². The van der Waals surface area contributed by atoms with Gasteiger partial charge in [0, 0.05) is 5.31 Å². The molecule has 0 aromatic carbocycles. The van der Waals surface area contributed by atoms with Crippen molar-refractivity contribution < 1.29 is 13.6 Å². The van der Waals surface area contributed by atoms with Crippen LogP contribution in [0, 0.1) is 0 Å². The molecule has 0 saturated heterocycles. The molecule has 0 saturated carbocycles. The maximum Gasteiger partial charge on any atom is 0.357 e. The van der Waals surface area contributed by atoms with Gasteiger partial charge in [-0.25, -0.2) is 0 Å². The van der Waals surface area contributed by atoms with Crippen molar-refractivity contribution in [3.63, 3.8) is 0 Å². The van der Waals surface area contributed by atoms with Crippen LogP contribution in [0.4, 0.5) is 0 Å². The average molecular weight is 248 g/mol. The van der Waals surface area contributed by atoms with Crippen molar-refractivity contribution in [1.29, 1.82) is 0 Å². The number of hydrogen-bond donors (Lipinski definition) is 0. The van der Waals surface area contributed by atoms with Crippen LogP contribution in [-0.2, 0) is 13.6 Å². The molecule has 0 aliphatic rings. The minimum absolute atomic E-state index is 0.101. The van der Waals surface area contributed by atoms with Gasteiger partial charge in [0.1, 0.15) is 0 Å². The summed E-state index contributed by atoms with van der Waals surface area (Å²) >= 11 is 0. The standard InChI is InChI=1S/C12H25O3P/c1-7-9-12(8-2)16(13,14-10(3)4)15-11(5)6/h9-11H,7-8H2,1-6H3/b12-9+. The highest BCUT2D eigenvalue weighted by atomic mass is 31.2. The highest BCUT2D eigenvalue weighted by molar-refractivity contribution is 7.58. The topological polar surface area (TPSA) is 35.5 Å². The summed E-state index contributed by atoms with van der Waals surface area (Å²) in [7, 11) is -3.10. The van der Waals surface area contributed by atoms with Gasteiger partial charge in [-0.3, -0.25) is 4.57 Å². The molecular weight excluding hydrogens is 223 g/mol. The van der Waals surface area contributed by atoms with Gasteiger partial charge >= 0.3 is 7.60 Å². The molecule has 0 aliphatic heterocycles. The summed E-state index contributed by atoms with van der Waals surface area (Å²) in [6, 6.07) is 0. The van der Waals surface area contributed by atoms with Crippen molar-refractivity contribution in [1.82, 2.24) is 0 Å². The van der Waals surface area contributed by atoms with Gasteiger partial charge in [0.2, 0.25) is 0 Å². The minimum Gasteiger partial charge on any atom is -0.303 e. The van der Waals surface area contributed by atoms with Gasteiger partial charge in [-0.05, 0) is 40.5 Å². The van der Waals surface area contributed by atoms with Gasteiger partial charge < -0.3 is 9.05 Å². The molecular formula is C12H25O3P. The van der Waals surface area contributed by atoms with Gasteiger partial charge in [0.05, 0.1) is 12.2 Å². The van der Waals surface area contributed by atoms with Gasteiger partial charge in [0.25, 0.3) is 0 Å². The van der Waals surface area contributed by atoms with Crippen molar-refractivity contribution in [2.24, 2.45) is 0 Å². The molecule has 0 spiro atoms. The smallest absolute Gasteiger partial charge is 0.303 e. The molecule has 0 atom stereocenters. The van der Waals surface area contributed by atoms with Gasteiger partial charge in [-0.15, -0.1) is 0 Å². The summed E-state index contributed by atoms with van der Waals surface area (Å²) in [5, 5.41) is 0.789. The first-order chi connectivity index (χ1) is 7.35. The lowest BCUT2D eigenvalue weighted by atomic mass is 10.3. The molecule has 0 heterocycles. The normalized spacial score (nSPS) is 13.9. The molecule has 0 N–H and O–H groups in total. The van der Waals surface area contributed by atoms with Crippen LogP contribution >= 0.6 is 7.60 Å². The van der Waals surface area contributed by atoms with Crippen molar-refractivity contribution in [3.05, 3.63) is 11.4 Å². The summed E-state index contributed by atoms with van der Waals surface area (Å²) in [5.74, 6) is 0. The van der Waals surface area contributed by atoms with Crippen molar-refractivity contribution in [2.45, 2.75) is 66.6 Å². The molecule has 0 bridgehead atoms. The first kappa shape index (κ1) is 15.9. The second kappa shape index (κ2) is 7.26. The Labute approximate surface area is 99.8 Å². The summed E-state index contributed by atoms with van der Waals surface area (Å²) in [6.07, 6.45) is 3.29. The third-order valence-corrected chi connectivity index (χ3v) is 4.45. The van der Waals surface area contributed by atoms with Crippen molar-refractivity contribution in [3.8, 4) is 0 Å². The highest BCUT2D eigenvalue weighted by Crippen LogP contribution is 2.59. The van der Waals surface area contributed by atoms with E-state index in [-0.39, 0.29) is 12.2 Å². The lowest BCUT2D eigenvalue weighted by Gasteiger charge is -2.24. The second-order valence-electron chi connectivity index (χ2n) is 4.26. The number of allylic oxidation sites excluding steroid dienone is 2. The van der Waals surface area contributed by atoms with E-state index >= 15 is 0 Å². The minimum atomic E-state index is -3.10. The maximum absolute atomic E-state index is 12.6. The molecule has 0 fully saturated rings. The SMILES string of the molecule is CC/C=C(\CC)P(=O)(OC(C)C)OC(C)C. The predicted molar refractivity (Wildman–Crippen MR) is 68.7 cm³/mol. The zero-order valence-electron chi connectivity index (χ0n) is 11.3. The van der Waals surface area contributed by atoms with Crippen LogP contribution in [0.3, 0.4) is 0 Å². The molecule has 3 nitrogen and oxygen atoms in total. The van der Waals surface area contributed by atoms with Gasteiger partial charge in [-0.1, -0.05) is 19.9 Å². The molecule has 0 rings (SSSR count). The van der Waals surface area contributed by atoms with Crippen LogP contribution in [0.1, 0.15) is 54.4 Å². The zero-order valence-corrected chi connectivity index (χ0v) is 12.2. The van der Waals surface area contributed by atoms with Crippen LogP contribution < -0.4 is 0 Å².